The average molecular weight is 419 g/mol. The van der Waals surface area contributed by atoms with Crippen molar-refractivity contribution in [2.75, 3.05) is 27.7 Å². The second-order valence-corrected chi connectivity index (χ2v) is 5.31. The average Bonchev–Trinajstić information content (AvgIpc) is 2.52. The molecule has 4 nitrogen and oxygen atoms in total. The quantitative estimate of drug-likeness (QED) is 0.416. The predicted octanol–water partition coefficient (Wildman–Crippen LogP) is 3.76. The van der Waals surface area contributed by atoms with Gasteiger partial charge in [0.2, 0.25) is 0 Å². The van der Waals surface area contributed by atoms with Crippen molar-refractivity contribution in [1.82, 2.24) is 10.2 Å². The van der Waals surface area contributed by atoms with Gasteiger partial charge in [-0.05, 0) is 23.6 Å². The van der Waals surface area contributed by atoms with Gasteiger partial charge in [0.15, 0.2) is 5.96 Å². The van der Waals surface area contributed by atoms with Crippen molar-refractivity contribution in [3.63, 3.8) is 0 Å². The molecule has 0 atom stereocenters. The largest absolute Gasteiger partial charge is 0.497 e. The molecule has 0 aromatic heterocycles. The Morgan fingerprint density at radius 1 is 1.23 bits per heavy atom. The topological polar surface area (TPSA) is 36.9 Å². The molecule has 0 saturated carbocycles. The van der Waals surface area contributed by atoms with Gasteiger partial charge in [0.05, 0.1) is 7.11 Å². The molecule has 126 valence electrons. The van der Waals surface area contributed by atoms with Crippen LogP contribution in [0.3, 0.4) is 0 Å². The summed E-state index contributed by atoms with van der Waals surface area (Å²) in [5.74, 6) is 2.53. The highest BCUT2D eigenvalue weighted by atomic mass is 127. The maximum absolute atomic E-state index is 5.18. The molecule has 0 unspecified atom stereocenters. The molecule has 0 saturated heterocycles. The van der Waals surface area contributed by atoms with E-state index in [1.807, 2.05) is 19.2 Å². The van der Waals surface area contributed by atoms with E-state index >= 15 is 0 Å². The third-order valence-electron chi connectivity index (χ3n) is 3.86. The summed E-state index contributed by atoms with van der Waals surface area (Å²) in [7, 11) is 5.58. The summed E-state index contributed by atoms with van der Waals surface area (Å²) in [6.45, 7) is 6.28. The Morgan fingerprint density at radius 2 is 1.82 bits per heavy atom. The number of guanidine groups is 1. The van der Waals surface area contributed by atoms with Crippen molar-refractivity contribution in [2.24, 2.45) is 10.9 Å². The zero-order chi connectivity index (χ0) is 15.7. The third kappa shape index (κ3) is 6.85. The zero-order valence-corrected chi connectivity index (χ0v) is 16.8. The van der Waals surface area contributed by atoms with E-state index < -0.39 is 0 Å². The number of nitrogens with zero attached hydrogens (tertiary/aromatic N) is 2. The van der Waals surface area contributed by atoms with E-state index in [0.29, 0.717) is 5.92 Å². The van der Waals surface area contributed by atoms with Gasteiger partial charge in [0.1, 0.15) is 5.75 Å². The number of nitrogens with one attached hydrogen (secondary N) is 1. The van der Waals surface area contributed by atoms with Crippen LogP contribution in [0.25, 0.3) is 0 Å². The molecule has 1 aromatic rings. The lowest BCUT2D eigenvalue weighted by atomic mass is 10.0. The first-order valence-electron chi connectivity index (χ1n) is 7.69. The van der Waals surface area contributed by atoms with E-state index in [4.69, 9.17) is 4.74 Å². The predicted molar refractivity (Wildman–Crippen MR) is 105 cm³/mol. The molecular formula is C17H30IN3O. The Morgan fingerprint density at radius 3 is 2.27 bits per heavy atom. The highest BCUT2D eigenvalue weighted by molar-refractivity contribution is 14.0. The molecular weight excluding hydrogens is 389 g/mol. The summed E-state index contributed by atoms with van der Waals surface area (Å²) >= 11 is 0. The lowest BCUT2D eigenvalue weighted by Gasteiger charge is -2.24. The zero-order valence-electron chi connectivity index (χ0n) is 14.4. The van der Waals surface area contributed by atoms with Gasteiger partial charge in [-0.25, -0.2) is 0 Å². The Labute approximate surface area is 152 Å². The van der Waals surface area contributed by atoms with E-state index in [9.17, 15) is 0 Å². The van der Waals surface area contributed by atoms with Crippen molar-refractivity contribution in [2.45, 2.75) is 33.2 Å². The van der Waals surface area contributed by atoms with Crippen LogP contribution in [0.5, 0.6) is 5.75 Å². The number of methoxy groups -OCH3 is 1. The van der Waals surface area contributed by atoms with Crippen LogP contribution in [0.2, 0.25) is 0 Å². The Bertz CT molecular complexity index is 430. The van der Waals surface area contributed by atoms with Gasteiger partial charge in [-0.1, -0.05) is 38.8 Å². The molecule has 1 N–H and O–H groups in total. The van der Waals surface area contributed by atoms with Crippen molar-refractivity contribution in [3.05, 3.63) is 29.8 Å². The summed E-state index contributed by atoms with van der Waals surface area (Å²) in [5.41, 5.74) is 1.24. The number of halogens is 1. The van der Waals surface area contributed by atoms with Crippen LogP contribution in [0.1, 0.15) is 32.3 Å². The molecule has 5 heteroatoms. The van der Waals surface area contributed by atoms with E-state index in [2.05, 4.69) is 48.2 Å². The molecule has 1 rings (SSSR count). The van der Waals surface area contributed by atoms with Crippen molar-refractivity contribution < 1.29 is 4.74 Å². The van der Waals surface area contributed by atoms with E-state index in [0.717, 1.165) is 24.8 Å². The van der Waals surface area contributed by atoms with Crippen LogP contribution < -0.4 is 10.1 Å². The smallest absolute Gasteiger partial charge is 0.193 e. The number of rotatable bonds is 7. The third-order valence-corrected chi connectivity index (χ3v) is 3.86. The van der Waals surface area contributed by atoms with E-state index in [-0.39, 0.29) is 24.0 Å². The van der Waals surface area contributed by atoms with E-state index in [1.165, 1.54) is 18.4 Å². The van der Waals surface area contributed by atoms with Crippen molar-refractivity contribution in [3.8, 4) is 5.75 Å². The molecule has 0 bridgehead atoms. The summed E-state index contributed by atoms with van der Waals surface area (Å²) in [6.07, 6.45) is 2.39. The lowest BCUT2D eigenvalue weighted by molar-refractivity contribution is 0.413. The van der Waals surface area contributed by atoms with Crippen LogP contribution >= 0.6 is 24.0 Å². The molecule has 1 aromatic carbocycles. The Hall–Kier alpha value is -0.980. The fourth-order valence-electron chi connectivity index (χ4n) is 2.28. The second-order valence-electron chi connectivity index (χ2n) is 5.31. The molecule has 0 fully saturated rings. The SMILES string of the molecule is CCC(CC)CNC(=NC)N(C)Cc1ccc(OC)cc1.I. The molecule has 0 radical (unpaired) electrons. The molecule has 0 aliphatic rings. The molecule has 0 heterocycles. The Balaban J connectivity index is 0.00000441. The molecule has 22 heavy (non-hydrogen) atoms. The summed E-state index contributed by atoms with van der Waals surface area (Å²) in [4.78, 5) is 6.51. The van der Waals surface area contributed by atoms with Gasteiger partial charge in [-0.2, -0.15) is 0 Å². The maximum atomic E-state index is 5.18. The molecule has 0 aliphatic carbocycles. The molecule has 0 amide bonds. The normalized spacial score (nSPS) is 11.1. The summed E-state index contributed by atoms with van der Waals surface area (Å²) in [6, 6.07) is 8.15. The summed E-state index contributed by atoms with van der Waals surface area (Å²) in [5, 5.41) is 3.47. The maximum Gasteiger partial charge on any atom is 0.193 e. The monoisotopic (exact) mass is 419 g/mol. The second kappa shape index (κ2) is 11.6. The van der Waals surface area contributed by atoms with Crippen LogP contribution in [0, 0.1) is 5.92 Å². The van der Waals surface area contributed by atoms with Gasteiger partial charge >= 0.3 is 0 Å². The van der Waals surface area contributed by atoms with Crippen LogP contribution in [0.4, 0.5) is 0 Å². The highest BCUT2D eigenvalue weighted by Gasteiger charge is 2.09. The van der Waals surface area contributed by atoms with Crippen molar-refractivity contribution >= 4 is 29.9 Å². The number of ether oxygens (including phenoxy) is 1. The van der Waals surface area contributed by atoms with E-state index in [1.54, 1.807) is 7.11 Å². The minimum absolute atomic E-state index is 0. The first kappa shape index (κ1) is 21.0. The highest BCUT2D eigenvalue weighted by Crippen LogP contribution is 2.12. The first-order valence-corrected chi connectivity index (χ1v) is 7.69. The first-order chi connectivity index (χ1) is 10.1. The standard InChI is InChI=1S/C17H29N3O.HI/c1-6-14(7-2)12-19-17(18-3)20(4)13-15-8-10-16(21-5)11-9-15;/h8-11,14H,6-7,12-13H2,1-5H3,(H,18,19);1H. The van der Waals surface area contributed by atoms with Gasteiger partial charge in [0.25, 0.3) is 0 Å². The molecule has 0 aliphatic heterocycles. The van der Waals surface area contributed by atoms with Gasteiger partial charge in [0, 0.05) is 27.2 Å². The van der Waals surface area contributed by atoms with Gasteiger partial charge < -0.3 is 15.0 Å². The minimum atomic E-state index is 0. The Kier molecular flexibility index (Phi) is 11.1. The molecule has 0 spiro atoms. The number of hydrogen-bond acceptors (Lipinski definition) is 2. The number of benzene rings is 1. The summed E-state index contributed by atoms with van der Waals surface area (Å²) < 4.78 is 5.18. The van der Waals surface area contributed by atoms with Gasteiger partial charge in [-0.3, -0.25) is 4.99 Å². The fraction of sp³-hybridized carbons (Fsp3) is 0.588. The number of hydrogen-bond donors (Lipinski definition) is 1. The van der Waals surface area contributed by atoms with Crippen LogP contribution in [0.15, 0.2) is 29.3 Å². The van der Waals surface area contributed by atoms with Crippen LogP contribution in [-0.2, 0) is 6.54 Å². The fourth-order valence-corrected chi connectivity index (χ4v) is 2.28. The van der Waals surface area contributed by atoms with Gasteiger partial charge in [-0.15, -0.1) is 24.0 Å². The van der Waals surface area contributed by atoms with Crippen LogP contribution in [-0.4, -0.2) is 38.6 Å². The lowest BCUT2D eigenvalue weighted by Crippen LogP contribution is -2.40. The number of aliphatic imine (C=N–C) groups is 1. The minimum Gasteiger partial charge on any atom is -0.497 e. The van der Waals surface area contributed by atoms with Crippen molar-refractivity contribution in [1.29, 1.82) is 0 Å².